The molecule has 0 aliphatic heterocycles. The molecule has 1 aromatic heterocycles. The van der Waals surface area contributed by atoms with Crippen LogP contribution in [0.15, 0.2) is 0 Å². The number of aryl methyl sites for hydroxylation is 1. The fraction of sp³-hybridized carbons (Fsp3) is 0.714. The fourth-order valence-corrected chi connectivity index (χ4v) is 1.97. The number of nitrogens with one attached hydrogen (secondary N) is 2. The van der Waals surface area contributed by atoms with Crippen LogP contribution < -0.4 is 11.1 Å². The summed E-state index contributed by atoms with van der Waals surface area (Å²) in [6, 6.07) is 0. The van der Waals surface area contributed by atoms with Gasteiger partial charge >= 0.3 is 0 Å². The third-order valence-corrected chi connectivity index (χ3v) is 3.26. The molecule has 4 N–H and O–H groups in total. The number of nitrogen functional groups attached to an aromatic ring is 1. The molecule has 1 heterocycles. The Bertz CT molecular complexity index is 387. The smallest absolute Gasteiger partial charge is 0.225 e. The number of carbonyl (C=O) groups is 1. The van der Waals surface area contributed by atoms with Crippen LogP contribution in [0.25, 0.3) is 0 Å². The number of aromatic nitrogens is 2. The minimum absolute atomic E-state index is 0.00763. The molecule has 0 radical (unpaired) electrons. The summed E-state index contributed by atoms with van der Waals surface area (Å²) in [5.41, 5.74) is 7.07. The van der Waals surface area contributed by atoms with Crippen LogP contribution >= 0.6 is 0 Å². The molecule has 0 bridgehead atoms. The highest BCUT2D eigenvalue weighted by molar-refractivity contribution is 5.92. The maximum atomic E-state index is 11.7. The molecular formula is C14H26N4O. The first kappa shape index (κ1) is 15.5. The zero-order chi connectivity index (χ0) is 14.1. The van der Waals surface area contributed by atoms with Gasteiger partial charge in [0.2, 0.25) is 5.91 Å². The van der Waals surface area contributed by atoms with E-state index in [0.29, 0.717) is 17.9 Å². The molecule has 0 aliphatic carbocycles. The molecule has 19 heavy (non-hydrogen) atoms. The van der Waals surface area contributed by atoms with E-state index in [-0.39, 0.29) is 5.91 Å². The van der Waals surface area contributed by atoms with Crippen molar-refractivity contribution in [3.63, 3.8) is 0 Å². The summed E-state index contributed by atoms with van der Waals surface area (Å²) in [6.07, 6.45) is 8.99. The van der Waals surface area contributed by atoms with Gasteiger partial charge in [-0.05, 0) is 13.3 Å². The number of hydrogen-bond acceptors (Lipinski definition) is 3. The van der Waals surface area contributed by atoms with Gasteiger partial charge in [-0.1, -0.05) is 45.4 Å². The van der Waals surface area contributed by atoms with E-state index in [4.69, 9.17) is 5.73 Å². The summed E-state index contributed by atoms with van der Waals surface area (Å²) in [5.74, 6) is 0.442. The SMILES string of the molecule is CCCCCCCCCC(=O)Nc1n[nH]c(C)c1N. The van der Waals surface area contributed by atoms with Gasteiger partial charge in [-0.3, -0.25) is 9.89 Å². The predicted molar refractivity (Wildman–Crippen MR) is 79.0 cm³/mol. The molecule has 0 unspecified atom stereocenters. The molecule has 0 spiro atoms. The number of rotatable bonds is 9. The van der Waals surface area contributed by atoms with E-state index in [2.05, 4.69) is 22.4 Å². The van der Waals surface area contributed by atoms with E-state index in [0.717, 1.165) is 18.5 Å². The average molecular weight is 266 g/mol. The van der Waals surface area contributed by atoms with E-state index in [1.807, 2.05) is 6.92 Å². The first-order valence-electron chi connectivity index (χ1n) is 7.25. The summed E-state index contributed by atoms with van der Waals surface area (Å²) in [6.45, 7) is 4.04. The molecule has 5 heteroatoms. The van der Waals surface area contributed by atoms with Gasteiger partial charge in [0.15, 0.2) is 5.82 Å². The standard InChI is InChI=1S/C14H26N4O/c1-3-4-5-6-7-8-9-10-12(19)16-14-13(15)11(2)17-18-14/h3-10,15H2,1-2H3,(H2,16,17,18,19). The van der Waals surface area contributed by atoms with Crippen LogP contribution in [0.4, 0.5) is 11.5 Å². The molecule has 0 atom stereocenters. The second kappa shape index (κ2) is 8.56. The number of nitrogens with zero attached hydrogens (tertiary/aromatic N) is 1. The highest BCUT2D eigenvalue weighted by Crippen LogP contribution is 2.18. The van der Waals surface area contributed by atoms with Crippen LogP contribution in [-0.4, -0.2) is 16.1 Å². The first-order chi connectivity index (χ1) is 9.15. The van der Waals surface area contributed by atoms with Crippen molar-refractivity contribution in [3.8, 4) is 0 Å². The number of aromatic amines is 1. The quantitative estimate of drug-likeness (QED) is 0.599. The van der Waals surface area contributed by atoms with Crippen molar-refractivity contribution in [1.29, 1.82) is 0 Å². The Balaban J connectivity index is 2.10. The largest absolute Gasteiger partial charge is 0.394 e. The highest BCUT2D eigenvalue weighted by Gasteiger charge is 2.09. The Labute approximate surface area is 115 Å². The topological polar surface area (TPSA) is 83.8 Å². The fourth-order valence-electron chi connectivity index (χ4n) is 1.97. The van der Waals surface area contributed by atoms with Crippen LogP contribution in [0.3, 0.4) is 0 Å². The number of H-pyrrole nitrogens is 1. The van der Waals surface area contributed by atoms with Crippen molar-refractivity contribution >= 4 is 17.4 Å². The molecule has 0 saturated carbocycles. The van der Waals surface area contributed by atoms with Gasteiger partial charge in [-0.2, -0.15) is 5.10 Å². The van der Waals surface area contributed by atoms with E-state index in [9.17, 15) is 4.79 Å². The summed E-state index contributed by atoms with van der Waals surface area (Å²) in [7, 11) is 0. The van der Waals surface area contributed by atoms with E-state index >= 15 is 0 Å². The zero-order valence-corrected chi connectivity index (χ0v) is 12.1. The molecule has 1 amide bonds. The van der Waals surface area contributed by atoms with Crippen molar-refractivity contribution in [1.82, 2.24) is 10.2 Å². The van der Waals surface area contributed by atoms with Crippen LogP contribution in [0, 0.1) is 6.92 Å². The maximum Gasteiger partial charge on any atom is 0.225 e. The van der Waals surface area contributed by atoms with Crippen LogP contribution in [0.5, 0.6) is 0 Å². The lowest BCUT2D eigenvalue weighted by molar-refractivity contribution is -0.116. The molecule has 0 aromatic carbocycles. The Morgan fingerprint density at radius 2 is 1.84 bits per heavy atom. The lowest BCUT2D eigenvalue weighted by Crippen LogP contribution is -2.12. The zero-order valence-electron chi connectivity index (χ0n) is 12.1. The Morgan fingerprint density at radius 3 is 2.42 bits per heavy atom. The van der Waals surface area contributed by atoms with Gasteiger partial charge in [-0.25, -0.2) is 0 Å². The Hall–Kier alpha value is -1.52. The van der Waals surface area contributed by atoms with Crippen molar-refractivity contribution in [2.24, 2.45) is 0 Å². The maximum absolute atomic E-state index is 11.7. The minimum atomic E-state index is -0.00763. The van der Waals surface area contributed by atoms with Crippen molar-refractivity contribution in [2.45, 2.75) is 65.2 Å². The van der Waals surface area contributed by atoms with Gasteiger partial charge < -0.3 is 11.1 Å². The molecule has 108 valence electrons. The molecule has 0 fully saturated rings. The van der Waals surface area contributed by atoms with Crippen LogP contribution in [0.1, 0.15) is 64.0 Å². The number of nitrogens with two attached hydrogens (primary N) is 1. The number of hydrogen-bond donors (Lipinski definition) is 3. The molecule has 5 nitrogen and oxygen atoms in total. The normalized spacial score (nSPS) is 10.6. The summed E-state index contributed by atoms with van der Waals surface area (Å²) in [5, 5.41) is 9.44. The third kappa shape index (κ3) is 5.77. The Kier molecular flexibility index (Phi) is 7.00. The number of anilines is 2. The lowest BCUT2D eigenvalue weighted by atomic mass is 10.1. The van der Waals surface area contributed by atoms with Crippen LogP contribution in [0.2, 0.25) is 0 Å². The summed E-state index contributed by atoms with van der Waals surface area (Å²) < 4.78 is 0. The lowest BCUT2D eigenvalue weighted by Gasteiger charge is -2.03. The minimum Gasteiger partial charge on any atom is -0.394 e. The van der Waals surface area contributed by atoms with Crippen molar-refractivity contribution in [3.05, 3.63) is 5.69 Å². The summed E-state index contributed by atoms with van der Waals surface area (Å²) >= 11 is 0. The van der Waals surface area contributed by atoms with Gasteiger partial charge in [0.25, 0.3) is 0 Å². The second-order valence-corrected chi connectivity index (χ2v) is 5.03. The number of carbonyl (C=O) groups excluding carboxylic acids is 1. The van der Waals surface area contributed by atoms with Crippen molar-refractivity contribution in [2.75, 3.05) is 11.1 Å². The van der Waals surface area contributed by atoms with E-state index in [1.54, 1.807) is 0 Å². The number of amides is 1. The molecular weight excluding hydrogens is 240 g/mol. The monoisotopic (exact) mass is 266 g/mol. The second-order valence-electron chi connectivity index (χ2n) is 5.03. The van der Waals surface area contributed by atoms with E-state index in [1.165, 1.54) is 32.1 Å². The van der Waals surface area contributed by atoms with Crippen LogP contribution in [-0.2, 0) is 4.79 Å². The molecule has 1 rings (SSSR count). The van der Waals surface area contributed by atoms with Gasteiger partial charge in [0.1, 0.15) is 0 Å². The van der Waals surface area contributed by atoms with E-state index < -0.39 is 0 Å². The van der Waals surface area contributed by atoms with Crippen molar-refractivity contribution < 1.29 is 4.79 Å². The Morgan fingerprint density at radius 1 is 1.21 bits per heavy atom. The molecule has 0 saturated heterocycles. The van der Waals surface area contributed by atoms with Gasteiger partial charge in [0, 0.05) is 6.42 Å². The number of unbranched alkanes of at least 4 members (excludes halogenated alkanes) is 6. The predicted octanol–water partition coefficient (Wildman–Crippen LogP) is 3.38. The van der Waals surface area contributed by atoms with Gasteiger partial charge in [0.05, 0.1) is 11.4 Å². The summed E-state index contributed by atoms with van der Waals surface area (Å²) in [4.78, 5) is 11.7. The highest BCUT2D eigenvalue weighted by atomic mass is 16.1. The van der Waals surface area contributed by atoms with Gasteiger partial charge in [-0.15, -0.1) is 0 Å². The molecule has 1 aromatic rings. The molecule has 0 aliphatic rings. The average Bonchev–Trinajstić information content (AvgIpc) is 2.70. The third-order valence-electron chi connectivity index (χ3n) is 3.26. The first-order valence-corrected chi connectivity index (χ1v) is 7.25.